The van der Waals surface area contributed by atoms with Gasteiger partial charge in [0.25, 0.3) is 0 Å². The molecule has 0 bridgehead atoms. The summed E-state index contributed by atoms with van der Waals surface area (Å²) >= 11 is 1.66. The third-order valence-electron chi connectivity index (χ3n) is 4.69. The van der Waals surface area contributed by atoms with E-state index in [-0.39, 0.29) is 0 Å². The van der Waals surface area contributed by atoms with Crippen molar-refractivity contribution in [2.24, 2.45) is 16.3 Å². The molecule has 0 spiro atoms. The molecule has 0 radical (unpaired) electrons. The smallest absolute Gasteiger partial charge is 0.193 e. The van der Waals surface area contributed by atoms with Crippen molar-refractivity contribution >= 4 is 22.3 Å². The molecule has 1 saturated carbocycles. The second kappa shape index (κ2) is 6.91. The number of nitrogens with one attached hydrogen (secondary N) is 2. The Bertz CT molecular complexity index is 637. The summed E-state index contributed by atoms with van der Waals surface area (Å²) in [5.41, 5.74) is 1.52. The Morgan fingerprint density at radius 1 is 1.43 bits per heavy atom. The number of aliphatic imine (C=N–C) groups is 1. The topological polar surface area (TPSA) is 53.7 Å². The molecular weight excluding hydrogens is 306 g/mol. The van der Waals surface area contributed by atoms with Gasteiger partial charge in [0.2, 0.25) is 0 Å². The molecule has 2 aromatic rings. The molecule has 1 fully saturated rings. The monoisotopic (exact) mass is 333 g/mol. The van der Waals surface area contributed by atoms with Crippen molar-refractivity contribution in [2.75, 3.05) is 13.6 Å². The van der Waals surface area contributed by atoms with E-state index >= 15 is 0 Å². The van der Waals surface area contributed by atoms with Crippen LogP contribution in [0.1, 0.15) is 45.2 Å². The van der Waals surface area contributed by atoms with Gasteiger partial charge in [-0.1, -0.05) is 20.3 Å². The number of rotatable bonds is 6. The van der Waals surface area contributed by atoms with Crippen molar-refractivity contribution in [1.82, 2.24) is 20.0 Å². The summed E-state index contributed by atoms with van der Waals surface area (Å²) in [7, 11) is 1.83. The Labute approximate surface area is 142 Å². The molecule has 5 nitrogen and oxygen atoms in total. The maximum absolute atomic E-state index is 4.59. The van der Waals surface area contributed by atoms with Crippen LogP contribution < -0.4 is 10.6 Å². The van der Waals surface area contributed by atoms with Crippen LogP contribution in [0.5, 0.6) is 0 Å². The van der Waals surface area contributed by atoms with E-state index in [1.54, 1.807) is 11.3 Å². The molecule has 0 unspecified atom stereocenters. The number of imidazole rings is 1. The number of nitrogens with zero attached hydrogens (tertiary/aromatic N) is 3. The van der Waals surface area contributed by atoms with Gasteiger partial charge in [0.15, 0.2) is 10.9 Å². The van der Waals surface area contributed by atoms with Gasteiger partial charge in [-0.15, -0.1) is 11.3 Å². The number of thiazole rings is 1. The van der Waals surface area contributed by atoms with Gasteiger partial charge in [-0.25, -0.2) is 4.98 Å². The van der Waals surface area contributed by atoms with Crippen LogP contribution in [0.25, 0.3) is 4.96 Å². The summed E-state index contributed by atoms with van der Waals surface area (Å²) in [4.78, 5) is 9.98. The molecule has 0 aromatic carbocycles. The third kappa shape index (κ3) is 3.86. The molecule has 2 heterocycles. The molecule has 2 N–H and O–H groups in total. The number of hydrogen-bond donors (Lipinski definition) is 2. The molecular formula is C17H27N5S. The molecule has 1 aliphatic rings. The fraction of sp³-hybridized carbons (Fsp3) is 0.647. The van der Waals surface area contributed by atoms with Crippen molar-refractivity contribution in [3.63, 3.8) is 0 Å². The lowest BCUT2D eigenvalue weighted by atomic mass is 9.64. The fourth-order valence-corrected chi connectivity index (χ4v) is 4.24. The van der Waals surface area contributed by atoms with E-state index in [0.717, 1.165) is 29.1 Å². The number of fused-ring (bicyclic) bond motifs is 1. The zero-order valence-corrected chi connectivity index (χ0v) is 15.1. The zero-order valence-electron chi connectivity index (χ0n) is 14.3. The van der Waals surface area contributed by atoms with Gasteiger partial charge in [0.05, 0.1) is 12.2 Å². The Morgan fingerprint density at radius 2 is 2.26 bits per heavy atom. The summed E-state index contributed by atoms with van der Waals surface area (Å²) < 4.78 is 2.06. The second-order valence-corrected chi connectivity index (χ2v) is 7.93. The predicted molar refractivity (Wildman–Crippen MR) is 97.0 cm³/mol. The summed E-state index contributed by atoms with van der Waals surface area (Å²) in [6, 6.07) is 0. The first kappa shape index (κ1) is 16.3. The van der Waals surface area contributed by atoms with Crippen molar-refractivity contribution < 1.29 is 0 Å². The van der Waals surface area contributed by atoms with E-state index < -0.39 is 0 Å². The van der Waals surface area contributed by atoms with Gasteiger partial charge in [-0.05, 0) is 30.6 Å². The molecule has 0 saturated heterocycles. The highest BCUT2D eigenvalue weighted by molar-refractivity contribution is 7.15. The minimum atomic E-state index is 0.475. The highest BCUT2D eigenvalue weighted by atomic mass is 32.1. The lowest BCUT2D eigenvalue weighted by molar-refractivity contribution is 0.104. The SMILES string of the molecule is CN=C(NCc1cn2ccsc2n1)NCC1(CC(C)C)CCC1. The van der Waals surface area contributed by atoms with E-state index in [2.05, 4.69) is 45.1 Å². The van der Waals surface area contributed by atoms with E-state index in [1.807, 2.05) is 18.6 Å². The maximum atomic E-state index is 4.59. The van der Waals surface area contributed by atoms with Crippen LogP contribution in [0.15, 0.2) is 22.8 Å². The molecule has 0 atom stereocenters. The molecule has 0 aliphatic heterocycles. The van der Waals surface area contributed by atoms with Crippen LogP contribution >= 0.6 is 11.3 Å². The van der Waals surface area contributed by atoms with E-state index in [4.69, 9.17) is 0 Å². The van der Waals surface area contributed by atoms with E-state index in [9.17, 15) is 0 Å². The van der Waals surface area contributed by atoms with Crippen LogP contribution in [0.4, 0.5) is 0 Å². The van der Waals surface area contributed by atoms with E-state index in [0.29, 0.717) is 12.0 Å². The highest BCUT2D eigenvalue weighted by Crippen LogP contribution is 2.45. The molecule has 6 heteroatoms. The molecule has 2 aromatic heterocycles. The van der Waals surface area contributed by atoms with Crippen LogP contribution in [0.2, 0.25) is 0 Å². The molecule has 23 heavy (non-hydrogen) atoms. The fourth-order valence-electron chi connectivity index (χ4n) is 3.52. The minimum absolute atomic E-state index is 0.475. The second-order valence-electron chi connectivity index (χ2n) is 7.06. The van der Waals surface area contributed by atoms with Gasteiger partial charge >= 0.3 is 0 Å². The minimum Gasteiger partial charge on any atom is -0.356 e. The van der Waals surface area contributed by atoms with Gasteiger partial charge < -0.3 is 10.6 Å². The Morgan fingerprint density at radius 3 is 2.87 bits per heavy atom. The highest BCUT2D eigenvalue weighted by Gasteiger charge is 2.37. The maximum Gasteiger partial charge on any atom is 0.193 e. The number of hydrogen-bond acceptors (Lipinski definition) is 3. The number of aromatic nitrogens is 2. The van der Waals surface area contributed by atoms with Crippen molar-refractivity contribution in [2.45, 2.75) is 46.1 Å². The molecule has 0 amide bonds. The largest absolute Gasteiger partial charge is 0.356 e. The first-order valence-corrected chi connectivity index (χ1v) is 9.34. The Balaban J connectivity index is 1.51. The van der Waals surface area contributed by atoms with Crippen LogP contribution in [-0.4, -0.2) is 28.9 Å². The summed E-state index contributed by atoms with van der Waals surface area (Å²) in [5.74, 6) is 1.63. The predicted octanol–water partition coefficient (Wildman–Crippen LogP) is 3.28. The molecule has 3 rings (SSSR count). The van der Waals surface area contributed by atoms with Crippen LogP contribution in [-0.2, 0) is 6.54 Å². The van der Waals surface area contributed by atoms with Gasteiger partial charge in [-0.2, -0.15) is 0 Å². The Kier molecular flexibility index (Phi) is 4.90. The summed E-state index contributed by atoms with van der Waals surface area (Å²) in [5, 5.41) is 8.95. The van der Waals surface area contributed by atoms with Crippen molar-refractivity contribution in [3.8, 4) is 0 Å². The first-order valence-electron chi connectivity index (χ1n) is 8.46. The third-order valence-corrected chi connectivity index (χ3v) is 5.46. The molecule has 1 aliphatic carbocycles. The number of guanidine groups is 1. The van der Waals surface area contributed by atoms with Crippen molar-refractivity contribution in [1.29, 1.82) is 0 Å². The van der Waals surface area contributed by atoms with Crippen molar-refractivity contribution in [3.05, 3.63) is 23.5 Å². The first-order chi connectivity index (χ1) is 11.1. The Hall–Kier alpha value is -1.56. The average Bonchev–Trinajstić information content (AvgIpc) is 3.05. The van der Waals surface area contributed by atoms with Gasteiger partial charge in [-0.3, -0.25) is 9.39 Å². The zero-order chi connectivity index (χ0) is 16.3. The normalized spacial score (nSPS) is 17.5. The average molecular weight is 334 g/mol. The summed E-state index contributed by atoms with van der Waals surface area (Å²) in [6.45, 7) is 6.35. The van der Waals surface area contributed by atoms with Crippen LogP contribution in [0, 0.1) is 11.3 Å². The lowest BCUT2D eigenvalue weighted by Gasteiger charge is -2.43. The quantitative estimate of drug-likeness (QED) is 0.630. The standard InChI is InChI=1S/C17H27N5S/c1-13(2)9-17(5-4-6-17)12-20-15(18-3)19-10-14-11-22-7-8-23-16(22)21-14/h7-8,11,13H,4-6,9-10,12H2,1-3H3,(H2,18,19,20). The summed E-state index contributed by atoms with van der Waals surface area (Å²) in [6.07, 6.45) is 9.45. The lowest BCUT2D eigenvalue weighted by Crippen LogP contribution is -2.46. The van der Waals surface area contributed by atoms with Crippen LogP contribution in [0.3, 0.4) is 0 Å². The van der Waals surface area contributed by atoms with Gasteiger partial charge in [0, 0.05) is 31.4 Å². The van der Waals surface area contributed by atoms with Gasteiger partial charge in [0.1, 0.15) is 0 Å². The molecule has 126 valence electrons. The van der Waals surface area contributed by atoms with E-state index in [1.165, 1.54) is 25.7 Å².